The van der Waals surface area contributed by atoms with E-state index in [1.165, 1.54) is 0 Å². The number of hydrogen-bond acceptors (Lipinski definition) is 4. The third-order valence-electron chi connectivity index (χ3n) is 4.52. The van der Waals surface area contributed by atoms with Crippen molar-refractivity contribution in [1.29, 1.82) is 0 Å². The fourth-order valence-electron chi connectivity index (χ4n) is 3.11. The highest BCUT2D eigenvalue weighted by Gasteiger charge is 2.18. The van der Waals surface area contributed by atoms with Crippen LogP contribution >= 0.6 is 0 Å². The van der Waals surface area contributed by atoms with Crippen LogP contribution in [0.3, 0.4) is 0 Å². The van der Waals surface area contributed by atoms with Gasteiger partial charge in [0.2, 0.25) is 0 Å². The maximum absolute atomic E-state index is 13.0. The van der Waals surface area contributed by atoms with Crippen molar-refractivity contribution < 1.29 is 4.79 Å². The fourth-order valence-corrected chi connectivity index (χ4v) is 3.11. The molecule has 0 bridgehead atoms. The van der Waals surface area contributed by atoms with Gasteiger partial charge in [-0.05, 0) is 46.7 Å². The molecule has 0 atom stereocenters. The van der Waals surface area contributed by atoms with Crippen molar-refractivity contribution in [3.05, 3.63) is 107 Å². The zero-order valence-corrected chi connectivity index (χ0v) is 15.4. The Bertz CT molecular complexity index is 1040. The summed E-state index contributed by atoms with van der Waals surface area (Å²) in [7, 11) is 0. The molecule has 0 unspecified atom stereocenters. The molecule has 28 heavy (non-hydrogen) atoms. The molecule has 1 aromatic heterocycles. The van der Waals surface area contributed by atoms with Gasteiger partial charge in [-0.25, -0.2) is 0 Å². The van der Waals surface area contributed by atoms with Crippen molar-refractivity contribution in [2.45, 2.75) is 13.0 Å². The normalized spacial score (nSPS) is 10.8. The second kappa shape index (κ2) is 7.84. The van der Waals surface area contributed by atoms with Crippen molar-refractivity contribution in [1.82, 2.24) is 25.5 Å². The summed E-state index contributed by atoms with van der Waals surface area (Å²) in [5.41, 5.74) is 3.33. The molecule has 4 rings (SSSR count). The zero-order chi connectivity index (χ0) is 19.3. The number of hydrogen-bond donors (Lipinski definition) is 1. The van der Waals surface area contributed by atoms with Crippen LogP contribution in [0.15, 0.2) is 84.9 Å². The first kappa shape index (κ1) is 17.6. The molecule has 0 saturated carbocycles. The van der Waals surface area contributed by atoms with E-state index in [1.54, 1.807) is 16.8 Å². The molecule has 4 aromatic rings. The van der Waals surface area contributed by atoms with E-state index in [9.17, 15) is 4.79 Å². The Kier molecular flexibility index (Phi) is 4.93. The Morgan fingerprint density at radius 1 is 0.893 bits per heavy atom. The quantitative estimate of drug-likeness (QED) is 0.584. The Labute approximate surface area is 162 Å². The average Bonchev–Trinajstić information content (AvgIpc) is 3.19. The Morgan fingerprint density at radius 2 is 1.54 bits per heavy atom. The van der Waals surface area contributed by atoms with Crippen LogP contribution in [0.4, 0.5) is 0 Å². The lowest BCUT2D eigenvalue weighted by atomic mass is 9.98. The van der Waals surface area contributed by atoms with Gasteiger partial charge in [-0.3, -0.25) is 4.79 Å². The number of amides is 1. The second-order valence-corrected chi connectivity index (χ2v) is 6.42. The van der Waals surface area contributed by atoms with Gasteiger partial charge in [0.15, 0.2) is 5.82 Å². The predicted octanol–water partition coefficient (Wildman–Crippen LogP) is 3.49. The summed E-state index contributed by atoms with van der Waals surface area (Å²) >= 11 is 0. The number of nitrogens with one attached hydrogen (secondary N) is 1. The standard InChI is InChI=1S/C22H19N5O/c1-16-24-25-26-27(16)20-14-8-13-19(15-20)22(28)23-21(17-9-4-2-5-10-17)18-11-6-3-7-12-18/h2-15,21H,1H3,(H,23,28). The zero-order valence-electron chi connectivity index (χ0n) is 15.4. The first-order chi connectivity index (χ1) is 13.7. The number of carbonyl (C=O) groups excluding carboxylic acids is 1. The van der Waals surface area contributed by atoms with Gasteiger partial charge in [0, 0.05) is 5.56 Å². The Balaban J connectivity index is 1.65. The van der Waals surface area contributed by atoms with Gasteiger partial charge >= 0.3 is 0 Å². The van der Waals surface area contributed by atoms with Crippen LogP contribution in [-0.2, 0) is 0 Å². The lowest BCUT2D eigenvalue weighted by Crippen LogP contribution is -2.29. The topological polar surface area (TPSA) is 72.7 Å². The minimum Gasteiger partial charge on any atom is -0.341 e. The summed E-state index contributed by atoms with van der Waals surface area (Å²) in [6.45, 7) is 1.81. The van der Waals surface area contributed by atoms with Crippen molar-refractivity contribution >= 4 is 5.91 Å². The Hall–Kier alpha value is -3.80. The van der Waals surface area contributed by atoms with Crippen LogP contribution in [0.1, 0.15) is 33.4 Å². The molecule has 6 heteroatoms. The van der Waals surface area contributed by atoms with Crippen LogP contribution in [0.25, 0.3) is 5.69 Å². The minimum atomic E-state index is -0.242. The molecule has 0 saturated heterocycles. The van der Waals surface area contributed by atoms with E-state index in [0.29, 0.717) is 11.4 Å². The molecule has 1 amide bonds. The van der Waals surface area contributed by atoms with E-state index in [1.807, 2.05) is 79.7 Å². The molecule has 0 fully saturated rings. The van der Waals surface area contributed by atoms with E-state index in [0.717, 1.165) is 16.8 Å². The highest BCUT2D eigenvalue weighted by Crippen LogP contribution is 2.22. The van der Waals surface area contributed by atoms with Gasteiger partial charge in [0.05, 0.1) is 11.7 Å². The van der Waals surface area contributed by atoms with Crippen LogP contribution in [0, 0.1) is 6.92 Å². The summed E-state index contributed by atoms with van der Waals surface area (Å²) in [4.78, 5) is 13.0. The molecule has 0 radical (unpaired) electrons. The number of nitrogens with zero attached hydrogens (tertiary/aromatic N) is 4. The highest BCUT2D eigenvalue weighted by molar-refractivity contribution is 5.95. The molecule has 1 heterocycles. The van der Waals surface area contributed by atoms with Gasteiger partial charge in [-0.1, -0.05) is 66.7 Å². The number of benzene rings is 3. The maximum Gasteiger partial charge on any atom is 0.252 e. The van der Waals surface area contributed by atoms with Gasteiger partial charge < -0.3 is 5.32 Å². The third kappa shape index (κ3) is 3.66. The van der Waals surface area contributed by atoms with E-state index < -0.39 is 0 Å². The molecule has 0 aliphatic rings. The van der Waals surface area contributed by atoms with Crippen molar-refractivity contribution in [2.24, 2.45) is 0 Å². The molecule has 0 spiro atoms. The van der Waals surface area contributed by atoms with E-state index >= 15 is 0 Å². The van der Waals surface area contributed by atoms with Gasteiger partial charge in [0.25, 0.3) is 5.91 Å². The lowest BCUT2D eigenvalue weighted by molar-refractivity contribution is 0.0943. The van der Waals surface area contributed by atoms with Crippen LogP contribution < -0.4 is 5.32 Å². The van der Waals surface area contributed by atoms with Gasteiger partial charge in [-0.2, -0.15) is 4.68 Å². The minimum absolute atomic E-state index is 0.162. The summed E-state index contributed by atoms with van der Waals surface area (Å²) in [6, 6.07) is 26.9. The molecule has 1 N–H and O–H groups in total. The number of aromatic nitrogens is 4. The monoisotopic (exact) mass is 369 g/mol. The number of rotatable bonds is 5. The molecule has 0 aliphatic carbocycles. The average molecular weight is 369 g/mol. The van der Waals surface area contributed by atoms with Gasteiger partial charge in [-0.15, -0.1) is 5.10 Å². The third-order valence-corrected chi connectivity index (χ3v) is 4.52. The first-order valence-electron chi connectivity index (χ1n) is 8.98. The van der Waals surface area contributed by atoms with E-state index in [2.05, 4.69) is 20.8 Å². The number of tetrazole rings is 1. The Morgan fingerprint density at radius 3 is 2.11 bits per heavy atom. The predicted molar refractivity (Wildman–Crippen MR) is 106 cm³/mol. The number of carbonyl (C=O) groups is 1. The molecular weight excluding hydrogens is 350 g/mol. The van der Waals surface area contributed by atoms with E-state index in [-0.39, 0.29) is 11.9 Å². The SMILES string of the molecule is Cc1nnnn1-c1cccc(C(=O)NC(c2ccccc2)c2ccccc2)c1. The summed E-state index contributed by atoms with van der Waals surface area (Å²) in [5.74, 6) is 0.495. The molecular formula is C22H19N5O. The number of aryl methyl sites for hydroxylation is 1. The van der Waals surface area contributed by atoms with E-state index in [4.69, 9.17) is 0 Å². The lowest BCUT2D eigenvalue weighted by Gasteiger charge is -2.20. The van der Waals surface area contributed by atoms with Crippen LogP contribution in [-0.4, -0.2) is 26.1 Å². The van der Waals surface area contributed by atoms with Crippen molar-refractivity contribution in [3.63, 3.8) is 0 Å². The molecule has 0 aliphatic heterocycles. The van der Waals surface area contributed by atoms with Crippen molar-refractivity contribution in [2.75, 3.05) is 0 Å². The largest absolute Gasteiger partial charge is 0.341 e. The summed E-state index contributed by atoms with van der Waals surface area (Å²) in [5, 5.41) is 14.7. The van der Waals surface area contributed by atoms with Gasteiger partial charge in [0.1, 0.15) is 0 Å². The molecule has 138 valence electrons. The summed E-state index contributed by atoms with van der Waals surface area (Å²) < 4.78 is 1.60. The smallest absolute Gasteiger partial charge is 0.252 e. The maximum atomic E-state index is 13.0. The summed E-state index contributed by atoms with van der Waals surface area (Å²) in [6.07, 6.45) is 0. The molecule has 6 nitrogen and oxygen atoms in total. The fraction of sp³-hybridized carbons (Fsp3) is 0.0909. The van der Waals surface area contributed by atoms with Crippen LogP contribution in [0.2, 0.25) is 0 Å². The second-order valence-electron chi connectivity index (χ2n) is 6.42. The first-order valence-corrected chi connectivity index (χ1v) is 8.98. The van der Waals surface area contributed by atoms with Crippen LogP contribution in [0.5, 0.6) is 0 Å². The molecule has 3 aromatic carbocycles. The highest BCUT2D eigenvalue weighted by atomic mass is 16.1. The van der Waals surface area contributed by atoms with Crippen molar-refractivity contribution in [3.8, 4) is 5.69 Å².